The Morgan fingerprint density at radius 1 is 1.37 bits per heavy atom. The number of aliphatic imine (C=N–C) groups is 1. The normalized spacial score (nSPS) is 20.2. The van der Waals surface area contributed by atoms with Crippen molar-refractivity contribution in [2.75, 3.05) is 11.4 Å². The van der Waals surface area contributed by atoms with Crippen molar-refractivity contribution in [1.29, 1.82) is 0 Å². The molecule has 19 heavy (non-hydrogen) atoms. The van der Waals surface area contributed by atoms with E-state index in [2.05, 4.69) is 32.9 Å². The molecule has 98 valence electrons. The van der Waals surface area contributed by atoms with E-state index in [1.54, 1.807) is 6.33 Å². The number of benzene rings is 1. The molecule has 0 bridgehead atoms. The zero-order valence-electron chi connectivity index (χ0n) is 10.5. The molecule has 0 amide bonds. The van der Waals surface area contributed by atoms with Crippen LogP contribution in [-0.2, 0) is 0 Å². The van der Waals surface area contributed by atoms with Crippen LogP contribution in [0.15, 0.2) is 41.7 Å². The summed E-state index contributed by atoms with van der Waals surface area (Å²) in [5, 5.41) is 3.28. The third-order valence-electron chi connectivity index (χ3n) is 2.95. The lowest BCUT2D eigenvalue weighted by atomic mass is 10.2. The smallest absolute Gasteiger partial charge is 0.164 e. The first kappa shape index (κ1) is 12.1. The molecule has 0 radical (unpaired) electrons. The summed E-state index contributed by atoms with van der Waals surface area (Å²) in [7, 11) is 0. The minimum absolute atomic E-state index is 0.191. The molecule has 0 aliphatic carbocycles. The second kappa shape index (κ2) is 4.97. The number of nitrogens with one attached hydrogen (secondary N) is 2. The van der Waals surface area contributed by atoms with Crippen LogP contribution in [0.4, 0.5) is 11.5 Å². The van der Waals surface area contributed by atoms with Crippen molar-refractivity contribution in [3.63, 3.8) is 0 Å². The van der Waals surface area contributed by atoms with E-state index in [1.807, 2.05) is 42.2 Å². The number of hydrogen-bond acceptors (Lipinski definition) is 4. The summed E-state index contributed by atoms with van der Waals surface area (Å²) in [5.41, 5.74) is 1.75. The maximum Gasteiger partial charge on any atom is 0.164 e. The minimum Gasteiger partial charge on any atom is -0.340 e. The highest BCUT2D eigenvalue weighted by molar-refractivity contribution is 7.81. The highest BCUT2D eigenvalue weighted by Crippen LogP contribution is 2.32. The topological polar surface area (TPSA) is 56.3 Å². The van der Waals surface area contributed by atoms with E-state index in [0.29, 0.717) is 6.54 Å². The lowest BCUT2D eigenvalue weighted by Crippen LogP contribution is -2.48. The van der Waals surface area contributed by atoms with E-state index in [0.717, 1.165) is 23.0 Å². The van der Waals surface area contributed by atoms with Gasteiger partial charge in [0.25, 0.3) is 0 Å². The number of nitrogens with zero attached hydrogens (tertiary/aromatic N) is 3. The van der Waals surface area contributed by atoms with Crippen molar-refractivity contribution in [1.82, 2.24) is 15.3 Å². The number of thiol groups is 1. The summed E-state index contributed by atoms with van der Waals surface area (Å²) in [4.78, 5) is 14.0. The van der Waals surface area contributed by atoms with Crippen LogP contribution in [0, 0.1) is 0 Å². The Morgan fingerprint density at radius 2 is 2.16 bits per heavy atom. The van der Waals surface area contributed by atoms with E-state index < -0.39 is 0 Å². The molecule has 2 N–H and O–H groups in total. The molecule has 0 fully saturated rings. The maximum absolute atomic E-state index is 4.60. The predicted molar refractivity (Wildman–Crippen MR) is 80.2 cm³/mol. The van der Waals surface area contributed by atoms with Crippen molar-refractivity contribution >= 4 is 30.0 Å². The van der Waals surface area contributed by atoms with Gasteiger partial charge in [0.15, 0.2) is 17.2 Å². The van der Waals surface area contributed by atoms with Crippen LogP contribution in [0.5, 0.6) is 0 Å². The molecule has 1 unspecified atom stereocenters. The second-order valence-corrected chi connectivity index (χ2v) is 4.64. The molecule has 0 spiro atoms. The number of rotatable bonds is 2. The van der Waals surface area contributed by atoms with E-state index >= 15 is 0 Å². The van der Waals surface area contributed by atoms with Gasteiger partial charge in [0.1, 0.15) is 5.69 Å². The summed E-state index contributed by atoms with van der Waals surface area (Å²) < 4.78 is 0. The van der Waals surface area contributed by atoms with E-state index in [9.17, 15) is 0 Å². The van der Waals surface area contributed by atoms with E-state index in [1.165, 1.54) is 0 Å². The van der Waals surface area contributed by atoms with Gasteiger partial charge in [0.05, 0.1) is 6.33 Å². The van der Waals surface area contributed by atoms with Crippen molar-refractivity contribution in [3.05, 3.63) is 42.4 Å². The Hall–Kier alpha value is -1.95. The van der Waals surface area contributed by atoms with Crippen molar-refractivity contribution < 1.29 is 0 Å². The molecule has 2 aromatic rings. The van der Waals surface area contributed by atoms with Crippen LogP contribution >= 0.6 is 12.6 Å². The van der Waals surface area contributed by atoms with E-state index in [4.69, 9.17) is 0 Å². The number of H-pyrrole nitrogens is 1. The molecule has 3 rings (SSSR count). The maximum atomic E-state index is 4.60. The van der Waals surface area contributed by atoms with Gasteiger partial charge in [0, 0.05) is 12.2 Å². The summed E-state index contributed by atoms with van der Waals surface area (Å²) in [6, 6.07) is 10.1. The van der Waals surface area contributed by atoms with E-state index in [-0.39, 0.29) is 5.50 Å². The molecule has 2 heterocycles. The fourth-order valence-electron chi connectivity index (χ4n) is 2.15. The number of para-hydroxylation sites is 1. The van der Waals surface area contributed by atoms with Gasteiger partial charge < -0.3 is 10.3 Å². The zero-order chi connectivity index (χ0) is 13.2. The van der Waals surface area contributed by atoms with Gasteiger partial charge in [-0.1, -0.05) is 18.2 Å². The predicted octanol–water partition coefficient (Wildman–Crippen LogP) is 2.13. The molecule has 1 aliphatic heterocycles. The molecular weight excluding hydrogens is 258 g/mol. The molecule has 0 saturated heterocycles. The average molecular weight is 273 g/mol. The molecule has 1 atom stereocenters. The lowest BCUT2D eigenvalue weighted by Gasteiger charge is -2.34. The summed E-state index contributed by atoms with van der Waals surface area (Å²) >= 11 is 4.60. The van der Waals surface area contributed by atoms with Gasteiger partial charge in [0.2, 0.25) is 0 Å². The van der Waals surface area contributed by atoms with Gasteiger partial charge in [-0.2, -0.15) is 0 Å². The number of imidazole rings is 1. The number of fused-ring (bicyclic) bond motifs is 1. The summed E-state index contributed by atoms with van der Waals surface area (Å²) in [6.45, 7) is 2.72. The van der Waals surface area contributed by atoms with Gasteiger partial charge in [-0.05, 0) is 19.1 Å². The molecule has 1 aromatic carbocycles. The first-order valence-corrected chi connectivity index (χ1v) is 6.70. The number of aromatic amines is 1. The first-order valence-electron chi connectivity index (χ1n) is 6.18. The van der Waals surface area contributed by atoms with Crippen molar-refractivity contribution in [3.8, 4) is 0 Å². The van der Waals surface area contributed by atoms with Crippen LogP contribution < -0.4 is 10.2 Å². The summed E-state index contributed by atoms with van der Waals surface area (Å²) in [6.07, 6.45) is 1.68. The molecule has 5 nitrogen and oxygen atoms in total. The molecule has 6 heteroatoms. The Kier molecular flexibility index (Phi) is 3.16. The quantitative estimate of drug-likeness (QED) is 0.735. The van der Waals surface area contributed by atoms with Crippen LogP contribution in [0.1, 0.15) is 12.6 Å². The Morgan fingerprint density at radius 3 is 2.89 bits per heavy atom. The van der Waals surface area contributed by atoms with Crippen LogP contribution in [0.25, 0.3) is 0 Å². The Bertz CT molecular complexity index is 592. The fraction of sp³-hybridized carbons (Fsp3) is 0.231. The van der Waals surface area contributed by atoms with Gasteiger partial charge in [-0.25, -0.2) is 4.98 Å². The van der Waals surface area contributed by atoms with Gasteiger partial charge >= 0.3 is 0 Å². The van der Waals surface area contributed by atoms with Gasteiger partial charge in [-0.15, -0.1) is 12.6 Å². The number of aromatic nitrogens is 2. The van der Waals surface area contributed by atoms with Crippen LogP contribution in [0.2, 0.25) is 0 Å². The largest absolute Gasteiger partial charge is 0.340 e. The third kappa shape index (κ3) is 2.08. The molecule has 1 aliphatic rings. The standard InChI is InChI=1S/C13H15N5S/c1-2-14-11-10-12(16-8-15-10)18(13(19)17-11)9-6-4-3-5-7-9/h3-8,13,19H,2H2,1H3,(H,14,17)(H,15,16). The van der Waals surface area contributed by atoms with Crippen LogP contribution in [-0.4, -0.2) is 27.8 Å². The SMILES string of the molecule is CCN=C1NC(S)N(c2ccccc2)c2nc[nH]c21. The number of hydrogen-bond donors (Lipinski definition) is 3. The highest BCUT2D eigenvalue weighted by atomic mass is 32.1. The van der Waals surface area contributed by atoms with Crippen molar-refractivity contribution in [2.45, 2.75) is 12.4 Å². The molecular formula is C13H15N5S. The number of anilines is 2. The second-order valence-electron chi connectivity index (χ2n) is 4.15. The monoisotopic (exact) mass is 273 g/mol. The Balaban J connectivity index is 2.08. The molecule has 0 saturated carbocycles. The average Bonchev–Trinajstić information content (AvgIpc) is 2.89. The number of amidine groups is 1. The Labute approximate surface area is 117 Å². The molecule has 1 aromatic heterocycles. The van der Waals surface area contributed by atoms with Crippen molar-refractivity contribution in [2.24, 2.45) is 4.99 Å². The van der Waals surface area contributed by atoms with Gasteiger partial charge in [-0.3, -0.25) is 9.89 Å². The van der Waals surface area contributed by atoms with Crippen LogP contribution in [0.3, 0.4) is 0 Å². The lowest BCUT2D eigenvalue weighted by molar-refractivity contribution is 0.787. The highest BCUT2D eigenvalue weighted by Gasteiger charge is 2.30. The zero-order valence-corrected chi connectivity index (χ0v) is 11.4. The fourth-order valence-corrected chi connectivity index (χ4v) is 2.52. The first-order chi connectivity index (χ1) is 9.31. The third-order valence-corrected chi connectivity index (χ3v) is 3.31. The minimum atomic E-state index is -0.191. The summed E-state index contributed by atoms with van der Waals surface area (Å²) in [5.74, 6) is 1.65.